The Bertz CT molecular complexity index is 1720. The number of benzene rings is 1. The highest BCUT2D eigenvalue weighted by molar-refractivity contribution is 6.30. The number of amides is 1. The van der Waals surface area contributed by atoms with Gasteiger partial charge in [-0.1, -0.05) is 45.9 Å². The number of carbonyl (C=O) groups excluding carboxylic acids is 5. The Balaban J connectivity index is 1.83. The van der Waals surface area contributed by atoms with Crippen LogP contribution in [0.3, 0.4) is 0 Å². The van der Waals surface area contributed by atoms with Gasteiger partial charge in [-0.15, -0.1) is 0 Å². The van der Waals surface area contributed by atoms with Crippen molar-refractivity contribution in [3.8, 4) is 11.5 Å². The SMILES string of the molecule is CO[C@H]1/C=C/O[C@@]2(C)Oc3c(C)c(O)c4c(c3C2=O)C(=O)C=C(NC(=O)C(C)=CC=C[C@H](C)[C@H](O)[C@@H](C)[C@@H](O)[C@@H](C)[C@H](OC(C)=O)[C@@H]1C)C4=O. The molecule has 0 radical (unpaired) electrons. The number of hydrogen-bond acceptors (Lipinski definition) is 12. The second-order valence-corrected chi connectivity index (χ2v) is 13.4. The average Bonchev–Trinajstić information content (AvgIpc) is 3.33. The number of methoxy groups -OCH3 is 1. The van der Waals surface area contributed by atoms with Gasteiger partial charge >= 0.3 is 11.8 Å². The van der Waals surface area contributed by atoms with Crippen LogP contribution in [0.4, 0.5) is 0 Å². The fourth-order valence-electron chi connectivity index (χ4n) is 6.62. The molecule has 1 amide bonds. The molecule has 0 saturated heterocycles. The molecule has 9 atom stereocenters. The number of ketones is 3. The van der Waals surface area contributed by atoms with Gasteiger partial charge in [0, 0.05) is 61.8 Å². The van der Waals surface area contributed by atoms with Gasteiger partial charge in [0.1, 0.15) is 17.6 Å². The molecule has 0 fully saturated rings. The van der Waals surface area contributed by atoms with Crippen molar-refractivity contribution in [2.75, 3.05) is 7.11 Å². The van der Waals surface area contributed by atoms with E-state index in [9.17, 15) is 39.3 Å². The molecule has 5 rings (SSSR count). The lowest BCUT2D eigenvalue weighted by Crippen LogP contribution is -2.46. The smallest absolute Gasteiger partial charge is 0.312 e. The van der Waals surface area contributed by atoms with Crippen molar-refractivity contribution in [2.24, 2.45) is 23.7 Å². The maximum Gasteiger partial charge on any atom is 0.312 e. The highest BCUT2D eigenvalue weighted by Crippen LogP contribution is 2.47. The molecule has 1 aromatic rings. The number of rotatable bonds is 2. The first kappa shape index (κ1) is 38.2. The van der Waals surface area contributed by atoms with E-state index in [0.29, 0.717) is 0 Å². The van der Waals surface area contributed by atoms with Crippen LogP contribution in [0, 0.1) is 30.6 Å². The zero-order chi connectivity index (χ0) is 37.4. The van der Waals surface area contributed by atoms with Crippen LogP contribution >= 0.6 is 0 Å². The van der Waals surface area contributed by atoms with Crippen LogP contribution in [-0.2, 0) is 23.8 Å². The Morgan fingerprint density at radius 3 is 2.22 bits per heavy atom. The van der Waals surface area contributed by atoms with E-state index in [4.69, 9.17) is 18.9 Å². The van der Waals surface area contributed by atoms with Gasteiger partial charge in [-0.05, 0) is 19.9 Å². The molecule has 13 nitrogen and oxygen atoms in total. The van der Waals surface area contributed by atoms with E-state index in [0.717, 1.165) is 12.3 Å². The van der Waals surface area contributed by atoms with Crippen LogP contribution in [-0.4, -0.2) is 81.9 Å². The van der Waals surface area contributed by atoms with E-state index in [-0.39, 0.29) is 28.0 Å². The number of aliphatic hydroxyl groups excluding tert-OH is 2. The molecule has 3 heterocycles. The molecule has 5 bridgehead atoms. The van der Waals surface area contributed by atoms with Crippen LogP contribution < -0.4 is 10.1 Å². The number of Topliss-reactive ketones (excluding diaryl/α,β-unsaturated/α-hetero) is 2. The maximum atomic E-state index is 13.9. The van der Waals surface area contributed by atoms with Gasteiger partial charge in [-0.25, -0.2) is 0 Å². The number of aliphatic hydroxyl groups is 2. The molecule has 0 aromatic heterocycles. The van der Waals surface area contributed by atoms with E-state index in [1.165, 1.54) is 47.0 Å². The number of phenolic OH excluding ortho intramolecular Hbond substituents is 1. The molecule has 1 aliphatic carbocycles. The zero-order valence-corrected chi connectivity index (χ0v) is 29.6. The second kappa shape index (κ2) is 14.7. The third-order valence-corrected chi connectivity index (χ3v) is 9.80. The number of phenols is 1. The minimum atomic E-state index is -2.03. The van der Waals surface area contributed by atoms with Crippen LogP contribution in [0.25, 0.3) is 0 Å². The monoisotopic (exact) mass is 695 g/mol. The fourth-order valence-corrected chi connectivity index (χ4v) is 6.62. The van der Waals surface area contributed by atoms with Gasteiger partial charge in [-0.3, -0.25) is 24.0 Å². The number of fused-ring (bicyclic) bond motifs is 14. The highest BCUT2D eigenvalue weighted by Gasteiger charge is 2.51. The standard InChI is InChI=1S/C37H45NO12/c1-16-11-10-12-17(2)36(46)38-23-15-24(40)26-27(32(23)44)31(43)21(6)34-28(26)35(45)37(8,50-34)48-14-13-25(47-9)18(3)33(49-22(7)39)20(5)30(42)19(4)29(16)41/h10-16,18-20,25,29-30,33,41-43H,1-9H3,(H,38,46)/b11-10?,14-13+,17-12?/t16-,18+,19+,20+,25-,29-,30+,33+,37-/m0/s1. The average molecular weight is 696 g/mol. The van der Waals surface area contributed by atoms with Crippen molar-refractivity contribution >= 4 is 29.2 Å². The number of aromatic hydroxyl groups is 1. The molecule has 0 saturated carbocycles. The number of esters is 1. The van der Waals surface area contributed by atoms with E-state index in [1.807, 2.05) is 0 Å². The van der Waals surface area contributed by atoms with Crippen LogP contribution in [0.5, 0.6) is 11.5 Å². The van der Waals surface area contributed by atoms with Crippen molar-refractivity contribution in [1.82, 2.24) is 5.32 Å². The molecule has 0 spiro atoms. The first-order chi connectivity index (χ1) is 23.4. The normalized spacial score (nSPS) is 32.8. The quantitative estimate of drug-likeness (QED) is 0.329. The highest BCUT2D eigenvalue weighted by atomic mass is 16.7. The van der Waals surface area contributed by atoms with Crippen molar-refractivity contribution < 1.29 is 58.2 Å². The summed E-state index contributed by atoms with van der Waals surface area (Å²) >= 11 is 0. The van der Waals surface area contributed by atoms with Crippen molar-refractivity contribution in [3.05, 3.63) is 70.2 Å². The molecular formula is C37H45NO12. The Morgan fingerprint density at radius 1 is 0.940 bits per heavy atom. The lowest BCUT2D eigenvalue weighted by molar-refractivity contribution is -0.160. The molecule has 4 aliphatic rings. The van der Waals surface area contributed by atoms with Crippen molar-refractivity contribution in [2.45, 2.75) is 85.6 Å². The number of carbonyl (C=O) groups is 5. The molecule has 13 heteroatoms. The fraction of sp³-hybridized carbons (Fsp3) is 0.486. The van der Waals surface area contributed by atoms with E-state index in [1.54, 1.807) is 39.8 Å². The second-order valence-electron chi connectivity index (χ2n) is 13.4. The number of ether oxygens (including phenoxy) is 4. The van der Waals surface area contributed by atoms with Gasteiger partial charge in [0.2, 0.25) is 5.78 Å². The molecule has 0 unspecified atom stereocenters. The lowest BCUT2D eigenvalue weighted by Gasteiger charge is -2.38. The Hall–Kier alpha value is -4.59. The molecule has 3 aliphatic heterocycles. The molecule has 1 aromatic carbocycles. The van der Waals surface area contributed by atoms with Crippen LogP contribution in [0.15, 0.2) is 47.9 Å². The largest absolute Gasteiger partial charge is 0.507 e. The summed E-state index contributed by atoms with van der Waals surface area (Å²) in [7, 11) is 1.42. The zero-order valence-electron chi connectivity index (χ0n) is 29.6. The van der Waals surface area contributed by atoms with Gasteiger partial charge < -0.3 is 39.6 Å². The summed E-state index contributed by atoms with van der Waals surface area (Å²) in [5.41, 5.74) is -1.31. The molecule has 270 valence electrons. The maximum absolute atomic E-state index is 13.9. The van der Waals surface area contributed by atoms with E-state index in [2.05, 4.69) is 5.32 Å². The van der Waals surface area contributed by atoms with Crippen molar-refractivity contribution in [3.63, 3.8) is 0 Å². The van der Waals surface area contributed by atoms with Gasteiger partial charge in [0.25, 0.3) is 11.7 Å². The molecule has 4 N–H and O–H groups in total. The minimum absolute atomic E-state index is 0.00885. The Kier molecular flexibility index (Phi) is 11.2. The third-order valence-electron chi connectivity index (χ3n) is 9.80. The summed E-state index contributed by atoms with van der Waals surface area (Å²) in [4.78, 5) is 66.2. The van der Waals surface area contributed by atoms with Crippen LogP contribution in [0.1, 0.15) is 85.1 Å². The number of hydrogen-bond donors (Lipinski definition) is 4. The van der Waals surface area contributed by atoms with Gasteiger partial charge in [-0.2, -0.15) is 0 Å². The molecule has 50 heavy (non-hydrogen) atoms. The summed E-state index contributed by atoms with van der Waals surface area (Å²) < 4.78 is 23.1. The predicted octanol–water partition coefficient (Wildman–Crippen LogP) is 3.63. The first-order valence-corrected chi connectivity index (χ1v) is 16.4. The number of nitrogens with one attached hydrogen (secondary N) is 1. The first-order valence-electron chi connectivity index (χ1n) is 16.4. The Morgan fingerprint density at radius 2 is 1.60 bits per heavy atom. The minimum Gasteiger partial charge on any atom is -0.507 e. The summed E-state index contributed by atoms with van der Waals surface area (Å²) in [6.45, 7) is 12.3. The third kappa shape index (κ3) is 7.03. The van der Waals surface area contributed by atoms with E-state index < -0.39 is 100 Å². The topological polar surface area (TPSA) is 195 Å². The Labute approximate surface area is 290 Å². The lowest BCUT2D eigenvalue weighted by atomic mass is 9.78. The van der Waals surface area contributed by atoms with Crippen LogP contribution in [0.2, 0.25) is 0 Å². The van der Waals surface area contributed by atoms with E-state index >= 15 is 0 Å². The molecular weight excluding hydrogens is 650 g/mol. The number of allylic oxidation sites excluding steroid dienone is 4. The summed E-state index contributed by atoms with van der Waals surface area (Å²) in [5, 5.41) is 36.1. The summed E-state index contributed by atoms with van der Waals surface area (Å²) in [6.07, 6.45) is 4.31. The van der Waals surface area contributed by atoms with Gasteiger partial charge in [0.15, 0.2) is 5.78 Å². The van der Waals surface area contributed by atoms with Crippen molar-refractivity contribution in [1.29, 1.82) is 0 Å². The summed E-state index contributed by atoms with van der Waals surface area (Å²) in [6, 6.07) is 0. The predicted molar refractivity (Wildman–Crippen MR) is 179 cm³/mol. The summed E-state index contributed by atoms with van der Waals surface area (Å²) in [5.74, 6) is -8.99. The van der Waals surface area contributed by atoms with Gasteiger partial charge in [0.05, 0.1) is 47.0 Å².